The van der Waals surface area contributed by atoms with E-state index in [-0.39, 0.29) is 28.5 Å². The first-order valence-corrected chi connectivity index (χ1v) is 11.1. The smallest absolute Gasteiger partial charge is 0.409 e. The molecule has 0 aromatic carbocycles. The molecule has 3 fully saturated rings. The molecule has 2 heterocycles. The Hall–Kier alpha value is -1.88. The van der Waals surface area contributed by atoms with Crippen molar-refractivity contribution < 1.29 is 9.53 Å². The van der Waals surface area contributed by atoms with Crippen molar-refractivity contribution in [2.24, 2.45) is 28.4 Å². The molecule has 2 saturated carbocycles. The lowest BCUT2D eigenvalue weighted by Crippen LogP contribution is -2.68. The van der Waals surface area contributed by atoms with E-state index in [1.54, 1.807) is 0 Å². The van der Waals surface area contributed by atoms with Crippen LogP contribution in [0.3, 0.4) is 0 Å². The molecule has 6 atom stereocenters. The number of carbonyl (C=O) groups excluding carboxylic acids is 1. The maximum atomic E-state index is 12.3. The minimum absolute atomic E-state index is 0.0829. The lowest BCUT2D eigenvalue weighted by atomic mass is 9.45. The normalized spacial score (nSPS) is 43.2. The first-order chi connectivity index (χ1) is 13.8. The van der Waals surface area contributed by atoms with Crippen molar-refractivity contribution in [1.82, 2.24) is 9.88 Å². The summed E-state index contributed by atoms with van der Waals surface area (Å²) >= 11 is 0. The number of aromatic nitrogens is 1. The van der Waals surface area contributed by atoms with E-state index in [1.807, 2.05) is 23.4 Å². The van der Waals surface area contributed by atoms with Crippen LogP contribution in [0.5, 0.6) is 0 Å². The number of fused-ring (bicyclic) bond motifs is 5. The molecule has 1 aromatic heterocycles. The summed E-state index contributed by atoms with van der Waals surface area (Å²) in [5.74, 6) is 0.900. The fourth-order valence-electron chi connectivity index (χ4n) is 7.91. The molecule has 1 aromatic rings. The van der Waals surface area contributed by atoms with Crippen molar-refractivity contribution >= 4 is 11.7 Å². The van der Waals surface area contributed by atoms with Gasteiger partial charge in [0.25, 0.3) is 0 Å². The highest BCUT2D eigenvalue weighted by atomic mass is 16.5. The van der Waals surface area contributed by atoms with Gasteiger partial charge in [0.2, 0.25) is 0 Å². The van der Waals surface area contributed by atoms with Gasteiger partial charge in [-0.25, -0.2) is 4.79 Å². The molecule has 2 N–H and O–H groups in total. The van der Waals surface area contributed by atoms with Crippen LogP contribution in [0.25, 0.3) is 5.57 Å². The number of carbonyl (C=O) groups is 1. The molecular weight excluding hydrogens is 362 g/mol. The zero-order valence-electron chi connectivity index (χ0n) is 17.9. The van der Waals surface area contributed by atoms with Crippen LogP contribution in [0.1, 0.15) is 57.9 Å². The zero-order chi connectivity index (χ0) is 20.4. The Morgan fingerprint density at radius 1 is 1.24 bits per heavy atom. The number of rotatable bonds is 1. The van der Waals surface area contributed by atoms with Gasteiger partial charge in [-0.3, -0.25) is 4.98 Å². The molecule has 5 nitrogen and oxygen atoms in total. The highest BCUT2D eigenvalue weighted by Gasteiger charge is 2.66. The van der Waals surface area contributed by atoms with Gasteiger partial charge in [-0.15, -0.1) is 0 Å². The summed E-state index contributed by atoms with van der Waals surface area (Å²) in [4.78, 5) is 18.7. The Kier molecular flexibility index (Phi) is 4.16. The number of amides is 1. The van der Waals surface area contributed by atoms with E-state index >= 15 is 0 Å². The molecule has 1 saturated heterocycles. The van der Waals surface area contributed by atoms with E-state index in [1.165, 1.54) is 18.2 Å². The Morgan fingerprint density at radius 2 is 2.07 bits per heavy atom. The number of nitrogens with two attached hydrogens (primary N) is 1. The second-order valence-corrected chi connectivity index (χ2v) is 10.2. The topological polar surface area (TPSA) is 68.5 Å². The van der Waals surface area contributed by atoms with Crippen LogP contribution in [0.4, 0.5) is 4.79 Å². The van der Waals surface area contributed by atoms with Crippen molar-refractivity contribution in [3.05, 3.63) is 36.2 Å². The molecule has 5 heteroatoms. The molecule has 0 bridgehead atoms. The predicted octanol–water partition coefficient (Wildman–Crippen LogP) is 4.24. The standard InChI is InChI=1S/C24H33N3O2/c1-22-10-8-19-23(2)12-14-27(21(28)29-3)20(23)9-11-24(19,25)18(22)7-6-17(22)16-5-4-13-26-15-16/h4-6,13,15,18-20H,7-12,14,25H2,1-3H3. The third-order valence-electron chi connectivity index (χ3n) is 9.25. The van der Waals surface area contributed by atoms with Gasteiger partial charge in [-0.1, -0.05) is 26.0 Å². The van der Waals surface area contributed by atoms with Crippen LogP contribution >= 0.6 is 0 Å². The molecule has 1 amide bonds. The average molecular weight is 396 g/mol. The number of hydrogen-bond acceptors (Lipinski definition) is 4. The first-order valence-electron chi connectivity index (χ1n) is 11.1. The lowest BCUT2D eigenvalue weighted by Gasteiger charge is -2.62. The Morgan fingerprint density at radius 3 is 2.79 bits per heavy atom. The SMILES string of the molecule is COC(=O)N1CCC2(C)C1CCC1(N)C3CC=C(c4cccnc4)C3(C)CCC21. The molecule has 1 aliphatic heterocycles. The Bertz CT molecular complexity index is 855. The summed E-state index contributed by atoms with van der Waals surface area (Å²) in [6.45, 7) is 5.61. The third-order valence-corrected chi connectivity index (χ3v) is 9.25. The first kappa shape index (κ1) is 19.1. The van der Waals surface area contributed by atoms with Crippen molar-refractivity contribution in [2.75, 3.05) is 13.7 Å². The van der Waals surface area contributed by atoms with Crippen molar-refractivity contribution in [1.29, 1.82) is 0 Å². The summed E-state index contributed by atoms with van der Waals surface area (Å²) in [6.07, 6.45) is 12.4. The number of methoxy groups -OCH3 is 1. The molecule has 6 unspecified atom stereocenters. The van der Waals surface area contributed by atoms with Crippen molar-refractivity contribution in [3.63, 3.8) is 0 Å². The number of nitrogens with zero attached hydrogens (tertiary/aromatic N) is 2. The summed E-state index contributed by atoms with van der Waals surface area (Å²) in [7, 11) is 1.49. The predicted molar refractivity (Wildman–Crippen MR) is 113 cm³/mol. The van der Waals surface area contributed by atoms with Gasteiger partial charge in [0, 0.05) is 30.5 Å². The van der Waals surface area contributed by atoms with E-state index in [0.29, 0.717) is 11.8 Å². The molecule has 29 heavy (non-hydrogen) atoms. The van der Waals surface area contributed by atoms with Gasteiger partial charge in [0.1, 0.15) is 0 Å². The van der Waals surface area contributed by atoms with Crippen LogP contribution in [0, 0.1) is 22.7 Å². The largest absolute Gasteiger partial charge is 0.453 e. The van der Waals surface area contributed by atoms with E-state index in [2.05, 4.69) is 31.0 Å². The quantitative estimate of drug-likeness (QED) is 0.772. The maximum Gasteiger partial charge on any atom is 0.409 e. The minimum Gasteiger partial charge on any atom is -0.453 e. The molecule has 0 radical (unpaired) electrons. The second-order valence-electron chi connectivity index (χ2n) is 10.2. The lowest BCUT2D eigenvalue weighted by molar-refractivity contribution is -0.0794. The van der Waals surface area contributed by atoms with Crippen molar-refractivity contribution in [2.45, 2.75) is 64.0 Å². The van der Waals surface area contributed by atoms with Gasteiger partial charge in [-0.2, -0.15) is 0 Å². The monoisotopic (exact) mass is 395 g/mol. The van der Waals surface area contributed by atoms with Gasteiger partial charge >= 0.3 is 6.09 Å². The van der Waals surface area contributed by atoms with Crippen LogP contribution < -0.4 is 5.73 Å². The Balaban J connectivity index is 1.48. The van der Waals surface area contributed by atoms with Gasteiger partial charge in [0.05, 0.1) is 7.11 Å². The Labute approximate surface area is 173 Å². The maximum absolute atomic E-state index is 12.3. The summed E-state index contributed by atoms with van der Waals surface area (Å²) in [6, 6.07) is 4.47. The third kappa shape index (κ3) is 2.43. The number of ether oxygens (including phenoxy) is 1. The molecule has 5 rings (SSSR count). The highest BCUT2D eigenvalue weighted by molar-refractivity contribution is 5.73. The van der Waals surface area contributed by atoms with Crippen LogP contribution in [-0.2, 0) is 4.74 Å². The van der Waals surface area contributed by atoms with Gasteiger partial charge in [0.15, 0.2) is 0 Å². The molecular formula is C24H33N3O2. The fourth-order valence-corrected chi connectivity index (χ4v) is 7.91. The van der Waals surface area contributed by atoms with Gasteiger partial charge < -0.3 is 15.4 Å². The summed E-state index contributed by atoms with van der Waals surface area (Å²) in [5, 5.41) is 0. The van der Waals surface area contributed by atoms with Gasteiger partial charge in [-0.05, 0) is 78.4 Å². The summed E-state index contributed by atoms with van der Waals surface area (Å²) in [5.41, 5.74) is 10.1. The van der Waals surface area contributed by atoms with E-state index in [9.17, 15) is 4.79 Å². The van der Waals surface area contributed by atoms with Crippen molar-refractivity contribution in [3.8, 4) is 0 Å². The number of likely N-dealkylation sites (tertiary alicyclic amines) is 1. The molecule has 3 aliphatic carbocycles. The molecule has 156 valence electrons. The molecule has 4 aliphatic rings. The average Bonchev–Trinajstić information content (AvgIpc) is 3.25. The van der Waals surface area contributed by atoms with E-state index in [0.717, 1.165) is 45.1 Å². The highest BCUT2D eigenvalue weighted by Crippen LogP contribution is 2.67. The van der Waals surface area contributed by atoms with E-state index in [4.69, 9.17) is 10.5 Å². The van der Waals surface area contributed by atoms with Crippen LogP contribution in [0.15, 0.2) is 30.6 Å². The number of hydrogen-bond donors (Lipinski definition) is 1. The summed E-state index contributed by atoms with van der Waals surface area (Å²) < 4.78 is 5.08. The van der Waals surface area contributed by atoms with E-state index < -0.39 is 0 Å². The minimum atomic E-state index is -0.176. The number of pyridine rings is 1. The fraction of sp³-hybridized carbons (Fsp3) is 0.667. The molecule has 0 spiro atoms. The van der Waals surface area contributed by atoms with Crippen LogP contribution in [-0.4, -0.2) is 41.2 Å². The zero-order valence-corrected chi connectivity index (χ0v) is 17.9. The second kappa shape index (κ2) is 6.31. The number of allylic oxidation sites excluding steroid dienone is 2. The van der Waals surface area contributed by atoms with Crippen LogP contribution in [0.2, 0.25) is 0 Å².